The first kappa shape index (κ1) is 13.7. The molecule has 2 atom stereocenters. The third-order valence-corrected chi connectivity index (χ3v) is 3.48. The minimum atomic E-state index is -0.220. The lowest BCUT2D eigenvalue weighted by atomic mass is 10.2. The highest BCUT2D eigenvalue weighted by atomic mass is 16.5. The molecular weight excluding hydrogens is 272 g/mol. The number of hydrogen-bond acceptors (Lipinski definition) is 4. The van der Waals surface area contributed by atoms with Crippen LogP contribution in [0.4, 0.5) is 0 Å². The van der Waals surface area contributed by atoms with E-state index < -0.39 is 0 Å². The number of carbonyl (C=O) groups excluding carboxylic acids is 1. The Morgan fingerprint density at radius 1 is 1.48 bits per heavy atom. The second-order valence-electron chi connectivity index (χ2n) is 5.22. The van der Waals surface area contributed by atoms with Gasteiger partial charge >= 0.3 is 0 Å². The third kappa shape index (κ3) is 2.92. The predicted octanol–water partition coefficient (Wildman–Crippen LogP) is 0.931. The molecule has 2 aromatic rings. The van der Waals surface area contributed by atoms with Crippen LogP contribution in [0.1, 0.15) is 21.7 Å². The first-order chi connectivity index (χ1) is 10.1. The van der Waals surface area contributed by atoms with E-state index in [2.05, 4.69) is 20.5 Å². The number of hydrogen-bond donors (Lipinski definition) is 3. The Kier molecular flexibility index (Phi) is 3.66. The minimum Gasteiger partial charge on any atom is -0.482 e. The van der Waals surface area contributed by atoms with E-state index >= 15 is 0 Å². The van der Waals surface area contributed by atoms with E-state index in [4.69, 9.17) is 9.47 Å². The maximum atomic E-state index is 12.3. The van der Waals surface area contributed by atoms with E-state index in [-0.39, 0.29) is 18.1 Å². The fourth-order valence-corrected chi connectivity index (χ4v) is 2.47. The minimum absolute atomic E-state index is 0.142. The summed E-state index contributed by atoms with van der Waals surface area (Å²) in [7, 11) is 0. The van der Waals surface area contributed by atoms with Gasteiger partial charge in [0.2, 0.25) is 0 Å². The van der Waals surface area contributed by atoms with Gasteiger partial charge in [-0.05, 0) is 25.5 Å². The molecule has 0 aromatic carbocycles. The van der Waals surface area contributed by atoms with Crippen LogP contribution in [0.15, 0.2) is 18.5 Å². The van der Waals surface area contributed by atoms with Crippen LogP contribution in [0, 0.1) is 13.8 Å². The van der Waals surface area contributed by atoms with E-state index in [1.165, 1.54) is 0 Å². The van der Waals surface area contributed by atoms with Crippen LogP contribution in [0.5, 0.6) is 5.75 Å². The summed E-state index contributed by atoms with van der Waals surface area (Å²) in [6.07, 6.45) is 3.04. The molecule has 2 aromatic heterocycles. The largest absolute Gasteiger partial charge is 0.482 e. The van der Waals surface area contributed by atoms with Crippen molar-refractivity contribution in [2.75, 3.05) is 13.2 Å². The summed E-state index contributed by atoms with van der Waals surface area (Å²) in [4.78, 5) is 15.4. The van der Waals surface area contributed by atoms with Crippen LogP contribution in [0.2, 0.25) is 0 Å². The highest BCUT2D eigenvalue weighted by Crippen LogP contribution is 2.16. The van der Waals surface area contributed by atoms with Gasteiger partial charge in [-0.25, -0.2) is 0 Å². The SMILES string of the molecule is Cc1cc(C)c(C(=O)N[C@H]2COC[C@H]2Oc2cn[nH]c2)[nH]1. The van der Waals surface area contributed by atoms with Crippen molar-refractivity contribution in [2.24, 2.45) is 0 Å². The number of ether oxygens (including phenoxy) is 2. The normalized spacial score (nSPS) is 21.4. The van der Waals surface area contributed by atoms with Crippen molar-refractivity contribution < 1.29 is 14.3 Å². The molecule has 0 spiro atoms. The lowest BCUT2D eigenvalue weighted by Crippen LogP contribution is -2.45. The molecule has 3 rings (SSSR count). The number of H-pyrrole nitrogens is 2. The smallest absolute Gasteiger partial charge is 0.268 e. The maximum Gasteiger partial charge on any atom is 0.268 e. The van der Waals surface area contributed by atoms with Crippen molar-refractivity contribution in [2.45, 2.75) is 26.0 Å². The Morgan fingerprint density at radius 3 is 3.00 bits per heavy atom. The van der Waals surface area contributed by atoms with E-state index in [0.717, 1.165) is 11.3 Å². The molecule has 3 heterocycles. The zero-order valence-electron chi connectivity index (χ0n) is 12.0. The Morgan fingerprint density at radius 2 is 2.33 bits per heavy atom. The summed E-state index contributed by atoms with van der Waals surface area (Å²) >= 11 is 0. The van der Waals surface area contributed by atoms with Crippen LogP contribution < -0.4 is 10.1 Å². The second kappa shape index (κ2) is 5.61. The highest BCUT2D eigenvalue weighted by molar-refractivity contribution is 5.94. The summed E-state index contributed by atoms with van der Waals surface area (Å²) < 4.78 is 11.2. The van der Waals surface area contributed by atoms with Gasteiger partial charge in [-0.1, -0.05) is 0 Å². The van der Waals surface area contributed by atoms with Crippen molar-refractivity contribution in [1.29, 1.82) is 0 Å². The lowest BCUT2D eigenvalue weighted by Gasteiger charge is -2.19. The van der Waals surface area contributed by atoms with Gasteiger partial charge in [0.05, 0.1) is 31.6 Å². The number of aromatic amines is 2. The molecule has 1 fully saturated rings. The summed E-state index contributed by atoms with van der Waals surface area (Å²) in [5.41, 5.74) is 2.48. The number of nitrogens with zero attached hydrogens (tertiary/aromatic N) is 1. The van der Waals surface area contributed by atoms with Gasteiger partial charge in [-0.3, -0.25) is 9.89 Å². The Bertz CT molecular complexity index is 620. The molecule has 21 heavy (non-hydrogen) atoms. The molecule has 0 saturated carbocycles. The number of aromatic nitrogens is 3. The molecule has 0 aliphatic carbocycles. The van der Waals surface area contributed by atoms with Crippen molar-refractivity contribution in [3.63, 3.8) is 0 Å². The topological polar surface area (TPSA) is 92.0 Å². The average molecular weight is 290 g/mol. The molecule has 1 saturated heterocycles. The van der Waals surface area contributed by atoms with Crippen molar-refractivity contribution in [1.82, 2.24) is 20.5 Å². The average Bonchev–Trinajstić information content (AvgIpc) is 3.14. The molecule has 0 radical (unpaired) electrons. The number of aryl methyl sites for hydroxylation is 2. The molecule has 0 bridgehead atoms. The summed E-state index contributed by atoms with van der Waals surface area (Å²) in [6, 6.07) is 1.76. The van der Waals surface area contributed by atoms with Crippen LogP contribution in [0.25, 0.3) is 0 Å². The van der Waals surface area contributed by atoms with Gasteiger partial charge in [0.15, 0.2) is 5.75 Å². The Labute approximate surface area is 122 Å². The van der Waals surface area contributed by atoms with Crippen molar-refractivity contribution in [3.05, 3.63) is 35.4 Å². The summed E-state index contributed by atoms with van der Waals surface area (Å²) in [5, 5.41) is 9.48. The van der Waals surface area contributed by atoms with Crippen LogP contribution >= 0.6 is 0 Å². The standard InChI is InChI=1S/C14H18N4O3/c1-8-3-9(2)17-13(8)14(19)18-11-6-20-7-12(11)21-10-4-15-16-5-10/h3-5,11-12,17H,6-7H2,1-2H3,(H,15,16)(H,18,19)/t11-,12+/m0/s1. The maximum absolute atomic E-state index is 12.3. The molecule has 112 valence electrons. The second-order valence-corrected chi connectivity index (χ2v) is 5.22. The number of carbonyl (C=O) groups is 1. The van der Waals surface area contributed by atoms with E-state index in [0.29, 0.717) is 24.7 Å². The molecule has 7 heteroatoms. The zero-order valence-corrected chi connectivity index (χ0v) is 12.0. The molecular formula is C14H18N4O3. The number of nitrogens with one attached hydrogen (secondary N) is 3. The van der Waals surface area contributed by atoms with Gasteiger partial charge in [0.1, 0.15) is 11.8 Å². The monoisotopic (exact) mass is 290 g/mol. The first-order valence-corrected chi connectivity index (χ1v) is 6.83. The zero-order chi connectivity index (χ0) is 14.8. The molecule has 1 amide bonds. The predicted molar refractivity (Wildman–Crippen MR) is 75.3 cm³/mol. The Hall–Kier alpha value is -2.28. The van der Waals surface area contributed by atoms with Gasteiger partial charge in [-0.15, -0.1) is 0 Å². The van der Waals surface area contributed by atoms with Gasteiger partial charge in [0, 0.05) is 5.69 Å². The van der Waals surface area contributed by atoms with Crippen molar-refractivity contribution in [3.8, 4) is 5.75 Å². The molecule has 1 aliphatic rings. The third-order valence-electron chi connectivity index (χ3n) is 3.48. The fraction of sp³-hybridized carbons (Fsp3) is 0.429. The van der Waals surface area contributed by atoms with Crippen molar-refractivity contribution >= 4 is 5.91 Å². The number of amides is 1. The van der Waals surface area contributed by atoms with E-state index in [1.807, 2.05) is 19.9 Å². The van der Waals surface area contributed by atoms with Gasteiger partial charge in [0.25, 0.3) is 5.91 Å². The quantitative estimate of drug-likeness (QED) is 0.781. The van der Waals surface area contributed by atoms with Crippen LogP contribution in [-0.2, 0) is 4.74 Å². The molecule has 3 N–H and O–H groups in total. The highest BCUT2D eigenvalue weighted by Gasteiger charge is 2.32. The van der Waals surface area contributed by atoms with Gasteiger partial charge < -0.3 is 19.8 Å². The molecule has 0 unspecified atom stereocenters. The first-order valence-electron chi connectivity index (χ1n) is 6.83. The summed E-state index contributed by atoms with van der Waals surface area (Å²) in [5.74, 6) is 0.494. The summed E-state index contributed by atoms with van der Waals surface area (Å²) in [6.45, 7) is 4.71. The molecule has 1 aliphatic heterocycles. The number of rotatable bonds is 4. The van der Waals surface area contributed by atoms with E-state index in [9.17, 15) is 4.79 Å². The fourth-order valence-electron chi connectivity index (χ4n) is 2.47. The van der Waals surface area contributed by atoms with E-state index in [1.54, 1.807) is 12.4 Å². The Balaban J connectivity index is 1.66. The van der Waals surface area contributed by atoms with Crippen LogP contribution in [-0.4, -0.2) is 46.4 Å². The van der Waals surface area contributed by atoms with Gasteiger partial charge in [-0.2, -0.15) is 5.10 Å². The lowest BCUT2D eigenvalue weighted by molar-refractivity contribution is 0.0899. The van der Waals surface area contributed by atoms with Crippen LogP contribution in [0.3, 0.4) is 0 Å². The molecule has 7 nitrogen and oxygen atoms in total.